The molecule has 0 fully saturated rings. The first-order chi connectivity index (χ1) is 7.52. The molecule has 100 valence electrons. The Bertz CT molecular complexity index is 269. The van der Waals surface area contributed by atoms with Crippen molar-refractivity contribution in [2.45, 2.75) is 53.5 Å². The van der Waals surface area contributed by atoms with Crippen LogP contribution in [0.5, 0.6) is 0 Å². The smallest absolute Gasteiger partial charge is 0.145 e. The molecule has 0 aromatic carbocycles. The number of ketones is 1. The lowest BCUT2D eigenvalue weighted by Crippen LogP contribution is -2.38. The van der Waals surface area contributed by atoms with Gasteiger partial charge in [-0.2, -0.15) is 0 Å². The quantitative estimate of drug-likeness (QED) is 0.574. The van der Waals surface area contributed by atoms with Gasteiger partial charge in [-0.3, -0.25) is 4.79 Å². The number of Topliss-reactive ketones (excluding diaryl/α,β-unsaturated/α-hetero) is 1. The summed E-state index contributed by atoms with van der Waals surface area (Å²) in [5.74, 6) is 0.715. The minimum atomic E-state index is -0.323. The Labute approximate surface area is 106 Å². The van der Waals surface area contributed by atoms with Crippen LogP contribution in [0.3, 0.4) is 0 Å². The lowest BCUT2D eigenvalue weighted by Gasteiger charge is -2.21. The molecule has 0 aromatic rings. The highest BCUT2D eigenvalue weighted by Crippen LogP contribution is 2.19. The molecule has 0 saturated carbocycles. The Balaban J connectivity index is 3.79. The van der Waals surface area contributed by atoms with E-state index < -0.39 is 0 Å². The monoisotopic (exact) mass is 241 g/mol. The molecule has 0 saturated heterocycles. The van der Waals surface area contributed by atoms with Gasteiger partial charge in [-0.15, -0.1) is 0 Å². The zero-order valence-corrected chi connectivity index (χ0v) is 12.1. The van der Waals surface area contributed by atoms with Crippen molar-refractivity contribution in [1.82, 2.24) is 5.32 Å². The molecular formula is C14H27NO2. The van der Waals surface area contributed by atoms with E-state index in [0.717, 1.165) is 6.54 Å². The maximum absolute atomic E-state index is 11.7. The summed E-state index contributed by atoms with van der Waals surface area (Å²) in [5.41, 5.74) is -0.234. The lowest BCUT2D eigenvalue weighted by molar-refractivity contribution is -0.126. The molecule has 0 aromatic heterocycles. The molecule has 0 atom stereocenters. The topological polar surface area (TPSA) is 38.3 Å². The molecule has 0 amide bonds. The third-order valence-electron chi connectivity index (χ3n) is 2.26. The van der Waals surface area contributed by atoms with Gasteiger partial charge in [-0.05, 0) is 20.8 Å². The van der Waals surface area contributed by atoms with Crippen molar-refractivity contribution in [3.63, 3.8) is 0 Å². The Morgan fingerprint density at radius 2 is 1.71 bits per heavy atom. The van der Waals surface area contributed by atoms with Crippen molar-refractivity contribution in [2.24, 2.45) is 5.41 Å². The number of nitrogens with one attached hydrogen (secondary N) is 1. The predicted molar refractivity (Wildman–Crippen MR) is 71.9 cm³/mol. The van der Waals surface area contributed by atoms with Crippen molar-refractivity contribution in [3.05, 3.63) is 12.3 Å². The summed E-state index contributed by atoms with van der Waals surface area (Å²) >= 11 is 0. The summed E-state index contributed by atoms with van der Waals surface area (Å²) in [7, 11) is 0. The van der Waals surface area contributed by atoms with Crippen LogP contribution < -0.4 is 5.32 Å². The first-order valence-electron chi connectivity index (χ1n) is 6.11. The summed E-state index contributed by atoms with van der Waals surface area (Å²) in [4.78, 5) is 11.7. The first kappa shape index (κ1) is 16.2. The minimum absolute atomic E-state index is 0.0892. The van der Waals surface area contributed by atoms with E-state index in [9.17, 15) is 4.79 Å². The molecule has 0 unspecified atom stereocenters. The van der Waals surface area contributed by atoms with E-state index >= 15 is 0 Å². The normalized spacial score (nSPS) is 12.4. The van der Waals surface area contributed by atoms with Crippen LogP contribution in [0, 0.1) is 5.41 Å². The van der Waals surface area contributed by atoms with Crippen LogP contribution in [0.4, 0.5) is 0 Å². The van der Waals surface area contributed by atoms with Crippen LogP contribution in [0.2, 0.25) is 0 Å². The SMILES string of the molecule is C=C(CC(=O)C(C)(C)C)OCCNC(C)(C)C. The maximum Gasteiger partial charge on any atom is 0.145 e. The molecule has 3 heteroatoms. The van der Waals surface area contributed by atoms with Gasteiger partial charge in [0, 0.05) is 17.5 Å². The summed E-state index contributed by atoms with van der Waals surface area (Å²) in [6.45, 7) is 17.1. The lowest BCUT2D eigenvalue weighted by atomic mass is 9.89. The van der Waals surface area contributed by atoms with Crippen molar-refractivity contribution in [1.29, 1.82) is 0 Å². The van der Waals surface area contributed by atoms with Gasteiger partial charge in [0.2, 0.25) is 0 Å². The number of carbonyl (C=O) groups excluding carboxylic acids is 1. The largest absolute Gasteiger partial charge is 0.497 e. The zero-order chi connectivity index (χ0) is 13.7. The van der Waals surface area contributed by atoms with E-state index in [1.165, 1.54) is 0 Å². The van der Waals surface area contributed by atoms with Gasteiger partial charge < -0.3 is 10.1 Å². The van der Waals surface area contributed by atoms with Gasteiger partial charge in [-0.25, -0.2) is 0 Å². The Morgan fingerprint density at radius 1 is 1.18 bits per heavy atom. The second-order valence-electron chi connectivity index (χ2n) is 6.41. The van der Waals surface area contributed by atoms with E-state index in [1.54, 1.807) is 0 Å². The number of ether oxygens (including phenoxy) is 1. The second-order valence-corrected chi connectivity index (χ2v) is 6.41. The van der Waals surface area contributed by atoms with Crippen LogP contribution in [-0.4, -0.2) is 24.5 Å². The number of allylic oxidation sites excluding steroid dienone is 1. The summed E-state index contributed by atoms with van der Waals surface area (Å²) in [6, 6.07) is 0. The highest BCUT2D eigenvalue weighted by atomic mass is 16.5. The Kier molecular flexibility index (Phi) is 5.89. The highest BCUT2D eigenvalue weighted by molar-refractivity contribution is 5.85. The van der Waals surface area contributed by atoms with Crippen LogP contribution in [0.25, 0.3) is 0 Å². The minimum Gasteiger partial charge on any atom is -0.497 e. The maximum atomic E-state index is 11.7. The average molecular weight is 241 g/mol. The molecule has 0 aliphatic rings. The van der Waals surface area contributed by atoms with Gasteiger partial charge in [0.25, 0.3) is 0 Å². The van der Waals surface area contributed by atoms with Gasteiger partial charge in [0.05, 0.1) is 12.2 Å². The van der Waals surface area contributed by atoms with Crippen molar-refractivity contribution < 1.29 is 9.53 Å². The van der Waals surface area contributed by atoms with Gasteiger partial charge >= 0.3 is 0 Å². The summed E-state index contributed by atoms with van der Waals surface area (Å²) < 4.78 is 5.43. The predicted octanol–water partition coefficient (Wildman–Crippen LogP) is 2.91. The number of hydrogen-bond acceptors (Lipinski definition) is 3. The molecule has 0 aliphatic heterocycles. The fraction of sp³-hybridized carbons (Fsp3) is 0.786. The van der Waals surface area contributed by atoms with Crippen LogP contribution in [-0.2, 0) is 9.53 Å². The Hall–Kier alpha value is -0.830. The van der Waals surface area contributed by atoms with E-state index in [2.05, 4.69) is 32.7 Å². The van der Waals surface area contributed by atoms with Gasteiger partial charge in [0.15, 0.2) is 0 Å². The van der Waals surface area contributed by atoms with Gasteiger partial charge in [-0.1, -0.05) is 27.4 Å². The second kappa shape index (κ2) is 6.20. The summed E-state index contributed by atoms with van der Waals surface area (Å²) in [6.07, 6.45) is 0.305. The molecule has 0 rings (SSSR count). The third-order valence-corrected chi connectivity index (χ3v) is 2.26. The van der Waals surface area contributed by atoms with E-state index in [-0.39, 0.29) is 16.7 Å². The van der Waals surface area contributed by atoms with Gasteiger partial charge in [0.1, 0.15) is 12.4 Å². The number of carbonyl (C=O) groups is 1. The number of hydrogen-bond donors (Lipinski definition) is 1. The first-order valence-corrected chi connectivity index (χ1v) is 6.11. The summed E-state index contributed by atoms with van der Waals surface area (Å²) in [5, 5.41) is 3.31. The fourth-order valence-corrected chi connectivity index (χ4v) is 1.12. The molecule has 0 heterocycles. The third kappa shape index (κ3) is 8.93. The average Bonchev–Trinajstić information content (AvgIpc) is 2.09. The standard InChI is InChI=1S/C14H27NO2/c1-11(10-12(16)13(2,3)4)17-9-8-15-14(5,6)7/h15H,1,8-10H2,2-7H3. The van der Waals surface area contributed by atoms with E-state index in [0.29, 0.717) is 18.8 Å². The van der Waals surface area contributed by atoms with E-state index in [1.807, 2.05) is 20.8 Å². The molecule has 3 nitrogen and oxygen atoms in total. The number of rotatable bonds is 6. The molecular weight excluding hydrogens is 214 g/mol. The molecule has 0 radical (unpaired) electrons. The molecule has 0 bridgehead atoms. The van der Waals surface area contributed by atoms with Crippen molar-refractivity contribution in [2.75, 3.05) is 13.2 Å². The molecule has 0 spiro atoms. The Morgan fingerprint density at radius 3 is 2.12 bits per heavy atom. The van der Waals surface area contributed by atoms with E-state index in [4.69, 9.17) is 4.74 Å². The van der Waals surface area contributed by atoms with Crippen molar-refractivity contribution >= 4 is 5.78 Å². The highest BCUT2D eigenvalue weighted by Gasteiger charge is 2.21. The fourth-order valence-electron chi connectivity index (χ4n) is 1.12. The van der Waals surface area contributed by atoms with Crippen LogP contribution in [0.15, 0.2) is 12.3 Å². The molecule has 1 N–H and O–H groups in total. The molecule has 17 heavy (non-hydrogen) atoms. The van der Waals surface area contributed by atoms with Crippen molar-refractivity contribution in [3.8, 4) is 0 Å². The van der Waals surface area contributed by atoms with Crippen LogP contribution in [0.1, 0.15) is 48.0 Å². The van der Waals surface area contributed by atoms with Crippen LogP contribution >= 0.6 is 0 Å². The zero-order valence-electron chi connectivity index (χ0n) is 12.1. The molecule has 0 aliphatic carbocycles.